The topological polar surface area (TPSA) is 83.3 Å². The van der Waals surface area contributed by atoms with E-state index in [0.717, 1.165) is 48.9 Å². The van der Waals surface area contributed by atoms with Gasteiger partial charge in [0.2, 0.25) is 11.8 Å². The molecule has 1 saturated carbocycles. The summed E-state index contributed by atoms with van der Waals surface area (Å²) < 4.78 is 5.76. The SMILES string of the molecule is CCCCCOc1ccc(N2C(=O)C[C@@H](Sc3nc(C4CC4)cc(-c4ccc(Cl)cc4)c3C#N)C2=O)cc1. The van der Waals surface area contributed by atoms with E-state index in [2.05, 4.69) is 13.0 Å². The molecule has 1 atom stereocenters. The van der Waals surface area contributed by atoms with Crippen molar-refractivity contribution < 1.29 is 14.3 Å². The van der Waals surface area contributed by atoms with Crippen molar-refractivity contribution in [3.05, 3.63) is 70.9 Å². The second-order valence-corrected chi connectivity index (χ2v) is 11.2. The van der Waals surface area contributed by atoms with Crippen LogP contribution >= 0.6 is 23.4 Å². The summed E-state index contributed by atoms with van der Waals surface area (Å²) in [5, 5.41) is 10.5. The number of pyridine rings is 1. The lowest BCUT2D eigenvalue weighted by molar-refractivity contribution is -0.121. The molecule has 0 N–H and O–H groups in total. The summed E-state index contributed by atoms with van der Waals surface area (Å²) in [4.78, 5) is 32.4. The molecule has 0 spiro atoms. The third kappa shape index (κ3) is 5.72. The van der Waals surface area contributed by atoms with Crippen LogP contribution in [0, 0.1) is 11.3 Å². The molecule has 0 bridgehead atoms. The fraction of sp³-hybridized carbons (Fsp3) is 0.333. The number of thioether (sulfide) groups is 1. The highest BCUT2D eigenvalue weighted by Gasteiger charge is 2.41. The van der Waals surface area contributed by atoms with Gasteiger partial charge in [-0.3, -0.25) is 9.59 Å². The molecule has 8 heteroatoms. The van der Waals surface area contributed by atoms with Crippen LogP contribution in [0.1, 0.15) is 62.6 Å². The number of rotatable bonds is 10. The van der Waals surface area contributed by atoms with Crippen LogP contribution in [-0.2, 0) is 9.59 Å². The van der Waals surface area contributed by atoms with Gasteiger partial charge in [-0.25, -0.2) is 9.88 Å². The van der Waals surface area contributed by atoms with E-state index in [-0.39, 0.29) is 18.2 Å². The first kappa shape index (κ1) is 26.3. The monoisotopic (exact) mass is 545 g/mol. The van der Waals surface area contributed by atoms with Crippen molar-refractivity contribution in [3.63, 3.8) is 0 Å². The number of benzene rings is 2. The zero-order valence-corrected chi connectivity index (χ0v) is 22.7. The van der Waals surface area contributed by atoms with E-state index in [0.29, 0.717) is 39.6 Å². The zero-order valence-electron chi connectivity index (χ0n) is 21.2. The minimum Gasteiger partial charge on any atom is -0.494 e. The molecule has 194 valence electrons. The van der Waals surface area contributed by atoms with Gasteiger partial charge in [-0.2, -0.15) is 5.26 Å². The Balaban J connectivity index is 1.38. The van der Waals surface area contributed by atoms with E-state index < -0.39 is 5.25 Å². The summed E-state index contributed by atoms with van der Waals surface area (Å²) in [5.41, 5.74) is 3.48. The quantitative estimate of drug-likeness (QED) is 0.199. The first-order chi connectivity index (χ1) is 18.5. The fourth-order valence-electron chi connectivity index (χ4n) is 4.52. The van der Waals surface area contributed by atoms with Crippen molar-refractivity contribution >= 4 is 40.9 Å². The highest BCUT2D eigenvalue weighted by atomic mass is 35.5. The predicted molar refractivity (Wildman–Crippen MR) is 150 cm³/mol. The van der Waals surface area contributed by atoms with Gasteiger partial charge in [-0.05, 0) is 67.3 Å². The number of halogens is 1. The number of carbonyl (C=O) groups is 2. The largest absolute Gasteiger partial charge is 0.494 e. The van der Waals surface area contributed by atoms with E-state index in [1.807, 2.05) is 18.2 Å². The van der Waals surface area contributed by atoms with Gasteiger partial charge in [0, 0.05) is 28.6 Å². The maximum atomic E-state index is 13.4. The molecule has 2 aromatic carbocycles. The first-order valence-electron chi connectivity index (χ1n) is 13.0. The molecule has 38 heavy (non-hydrogen) atoms. The third-order valence-electron chi connectivity index (χ3n) is 6.74. The average Bonchev–Trinajstić information content (AvgIpc) is 3.73. The molecule has 1 saturated heterocycles. The lowest BCUT2D eigenvalue weighted by atomic mass is 10.0. The molecule has 1 aromatic heterocycles. The number of hydrogen-bond donors (Lipinski definition) is 0. The van der Waals surface area contributed by atoms with Gasteiger partial charge < -0.3 is 4.74 Å². The van der Waals surface area contributed by atoms with Gasteiger partial charge in [-0.1, -0.05) is 55.3 Å². The molecule has 2 amide bonds. The summed E-state index contributed by atoms with van der Waals surface area (Å²) in [6, 6.07) is 18.7. The van der Waals surface area contributed by atoms with Crippen LogP contribution in [0.2, 0.25) is 5.02 Å². The number of nitrogens with zero attached hydrogens (tertiary/aromatic N) is 3. The molecule has 1 aliphatic carbocycles. The Morgan fingerprint density at radius 3 is 2.50 bits per heavy atom. The number of nitriles is 1. The van der Waals surface area contributed by atoms with E-state index in [4.69, 9.17) is 21.3 Å². The highest BCUT2D eigenvalue weighted by Crippen LogP contribution is 2.44. The van der Waals surface area contributed by atoms with Crippen LogP contribution in [0.25, 0.3) is 11.1 Å². The molecular formula is C30H28ClN3O3S. The Morgan fingerprint density at radius 2 is 1.84 bits per heavy atom. The molecule has 0 radical (unpaired) electrons. The Bertz CT molecular complexity index is 1380. The number of carbonyl (C=O) groups excluding carboxylic acids is 2. The van der Waals surface area contributed by atoms with Crippen LogP contribution < -0.4 is 9.64 Å². The van der Waals surface area contributed by atoms with Crippen molar-refractivity contribution in [2.24, 2.45) is 0 Å². The summed E-state index contributed by atoms with van der Waals surface area (Å²) >= 11 is 7.29. The van der Waals surface area contributed by atoms with Gasteiger partial charge >= 0.3 is 0 Å². The Kier molecular flexibility index (Phi) is 8.01. The van der Waals surface area contributed by atoms with E-state index in [1.54, 1.807) is 36.4 Å². The number of anilines is 1. The smallest absolute Gasteiger partial charge is 0.247 e. The molecule has 0 unspecified atom stereocenters. The normalized spacial score (nSPS) is 17.1. The second-order valence-electron chi connectivity index (χ2n) is 9.60. The van der Waals surface area contributed by atoms with Crippen LogP contribution in [0.4, 0.5) is 5.69 Å². The molecule has 5 rings (SSSR count). The van der Waals surface area contributed by atoms with Crippen molar-refractivity contribution in [3.8, 4) is 22.9 Å². The maximum absolute atomic E-state index is 13.4. The van der Waals surface area contributed by atoms with Crippen LogP contribution in [0.5, 0.6) is 5.75 Å². The highest BCUT2D eigenvalue weighted by molar-refractivity contribution is 8.00. The third-order valence-corrected chi connectivity index (χ3v) is 8.16. The molecule has 2 heterocycles. The average molecular weight is 546 g/mol. The molecule has 1 aliphatic heterocycles. The van der Waals surface area contributed by atoms with Gasteiger partial charge in [-0.15, -0.1) is 0 Å². The van der Waals surface area contributed by atoms with E-state index in [1.165, 1.54) is 16.7 Å². The maximum Gasteiger partial charge on any atom is 0.247 e. The second kappa shape index (κ2) is 11.6. The number of imide groups is 1. The molecule has 2 aliphatic rings. The fourth-order valence-corrected chi connectivity index (χ4v) is 5.77. The lowest BCUT2D eigenvalue weighted by Crippen LogP contribution is -2.31. The van der Waals surface area contributed by atoms with Crippen LogP contribution in [0.3, 0.4) is 0 Å². The number of aromatic nitrogens is 1. The number of unbranched alkanes of at least 4 members (excludes halogenated alkanes) is 2. The number of amides is 2. The molecule has 3 aromatic rings. The van der Waals surface area contributed by atoms with Crippen molar-refractivity contribution in [2.45, 2.75) is 61.6 Å². The van der Waals surface area contributed by atoms with Gasteiger partial charge in [0.25, 0.3) is 0 Å². The van der Waals surface area contributed by atoms with Gasteiger partial charge in [0.15, 0.2) is 0 Å². The van der Waals surface area contributed by atoms with Gasteiger partial charge in [0.05, 0.1) is 23.1 Å². The Labute approximate surface area is 232 Å². The van der Waals surface area contributed by atoms with Crippen molar-refractivity contribution in [2.75, 3.05) is 11.5 Å². The molecule has 6 nitrogen and oxygen atoms in total. The first-order valence-corrected chi connectivity index (χ1v) is 14.2. The minimum absolute atomic E-state index is 0.0508. The summed E-state index contributed by atoms with van der Waals surface area (Å²) in [5.74, 6) is 0.503. The Morgan fingerprint density at radius 1 is 1.11 bits per heavy atom. The minimum atomic E-state index is -0.653. The van der Waals surface area contributed by atoms with Crippen molar-refractivity contribution in [1.29, 1.82) is 5.26 Å². The predicted octanol–water partition coefficient (Wildman–Crippen LogP) is 7.14. The summed E-state index contributed by atoms with van der Waals surface area (Å²) in [6.07, 6.45) is 5.38. The summed E-state index contributed by atoms with van der Waals surface area (Å²) in [6.45, 7) is 2.78. The lowest BCUT2D eigenvalue weighted by Gasteiger charge is -2.16. The van der Waals surface area contributed by atoms with E-state index in [9.17, 15) is 14.9 Å². The standard InChI is InChI=1S/C30H28ClN3O3S/c1-2-3-4-15-37-23-13-11-22(12-14-23)34-28(35)17-27(30(34)36)38-29-25(18-32)24(16-26(33-29)20-5-6-20)19-7-9-21(31)10-8-19/h7-14,16,20,27H,2-6,15,17H2,1H3/t27-/m1/s1. The van der Waals surface area contributed by atoms with Gasteiger partial charge in [0.1, 0.15) is 16.8 Å². The molecule has 2 fully saturated rings. The van der Waals surface area contributed by atoms with Crippen LogP contribution in [0.15, 0.2) is 59.6 Å². The number of ether oxygens (including phenoxy) is 1. The molecular weight excluding hydrogens is 518 g/mol. The summed E-state index contributed by atoms with van der Waals surface area (Å²) in [7, 11) is 0. The number of hydrogen-bond acceptors (Lipinski definition) is 6. The van der Waals surface area contributed by atoms with Crippen molar-refractivity contribution in [1.82, 2.24) is 4.98 Å². The van der Waals surface area contributed by atoms with Crippen LogP contribution in [-0.4, -0.2) is 28.7 Å². The zero-order chi connectivity index (χ0) is 26.6. The van der Waals surface area contributed by atoms with E-state index >= 15 is 0 Å². The Hall–Kier alpha value is -3.34.